The first-order valence-corrected chi connectivity index (χ1v) is 13.4. The molecule has 0 atom stereocenters. The van der Waals surface area contributed by atoms with Crippen LogP contribution >= 0.6 is 0 Å². The molecule has 1 aromatic rings. The first-order valence-electron chi connectivity index (χ1n) is 11.9. The summed E-state index contributed by atoms with van der Waals surface area (Å²) >= 11 is 0. The zero-order chi connectivity index (χ0) is 23.3. The maximum atomic E-state index is 13.1. The fourth-order valence-corrected chi connectivity index (χ4v) is 6.18. The van der Waals surface area contributed by atoms with Crippen LogP contribution in [0.15, 0.2) is 29.2 Å². The van der Waals surface area contributed by atoms with Crippen molar-refractivity contribution >= 4 is 21.8 Å². The highest BCUT2D eigenvalue weighted by molar-refractivity contribution is 7.89. The van der Waals surface area contributed by atoms with E-state index in [1.807, 2.05) is 4.90 Å². The molecule has 0 radical (unpaired) electrons. The number of ether oxygens (including phenoxy) is 1. The van der Waals surface area contributed by atoms with Crippen molar-refractivity contribution in [3.05, 3.63) is 29.8 Å². The van der Waals surface area contributed by atoms with E-state index >= 15 is 0 Å². The number of rotatable bonds is 5. The quantitative estimate of drug-likeness (QED) is 0.624. The lowest BCUT2D eigenvalue weighted by molar-refractivity contribution is -0.136. The predicted octanol–water partition coefficient (Wildman–Crippen LogP) is 0.868. The summed E-state index contributed by atoms with van der Waals surface area (Å²) in [5.74, 6) is -0.0634. The SMILES string of the molecule is O=C(CN1CCN(C(=O)c2cccc(S(=O)(=O)N3CCCCCC3)c2)CC1)N1CCOCC1. The third kappa shape index (κ3) is 5.92. The number of hydrogen-bond donors (Lipinski definition) is 0. The summed E-state index contributed by atoms with van der Waals surface area (Å²) in [6.45, 7) is 6.11. The summed E-state index contributed by atoms with van der Waals surface area (Å²) in [6.07, 6.45) is 3.84. The molecule has 0 spiro atoms. The molecule has 0 saturated carbocycles. The van der Waals surface area contributed by atoms with Gasteiger partial charge in [0.05, 0.1) is 24.7 Å². The average molecular weight is 479 g/mol. The summed E-state index contributed by atoms with van der Waals surface area (Å²) in [4.78, 5) is 31.4. The van der Waals surface area contributed by atoms with Gasteiger partial charge in [-0.05, 0) is 31.0 Å². The Morgan fingerprint density at radius 3 is 2.15 bits per heavy atom. The molecule has 3 fully saturated rings. The molecule has 3 heterocycles. The molecule has 2 amide bonds. The second-order valence-electron chi connectivity index (χ2n) is 8.91. The van der Waals surface area contributed by atoms with Crippen LogP contribution in [0.2, 0.25) is 0 Å². The van der Waals surface area contributed by atoms with E-state index in [9.17, 15) is 18.0 Å². The van der Waals surface area contributed by atoms with E-state index in [0.29, 0.717) is 77.7 Å². The van der Waals surface area contributed by atoms with E-state index < -0.39 is 10.0 Å². The van der Waals surface area contributed by atoms with E-state index in [0.717, 1.165) is 25.7 Å². The van der Waals surface area contributed by atoms with Gasteiger partial charge in [-0.2, -0.15) is 4.31 Å². The average Bonchev–Trinajstić information content (AvgIpc) is 3.15. The number of hydrogen-bond acceptors (Lipinski definition) is 6. The zero-order valence-electron chi connectivity index (χ0n) is 19.2. The van der Waals surface area contributed by atoms with Gasteiger partial charge in [0.25, 0.3) is 5.91 Å². The van der Waals surface area contributed by atoms with Gasteiger partial charge in [0.15, 0.2) is 0 Å². The highest BCUT2D eigenvalue weighted by Crippen LogP contribution is 2.22. The number of sulfonamides is 1. The molecule has 10 heteroatoms. The van der Waals surface area contributed by atoms with Crippen LogP contribution in [-0.2, 0) is 19.6 Å². The van der Waals surface area contributed by atoms with E-state index in [1.54, 1.807) is 27.4 Å². The summed E-state index contributed by atoms with van der Waals surface area (Å²) < 4.78 is 33.1. The second kappa shape index (κ2) is 10.9. The molecule has 1 aromatic carbocycles. The van der Waals surface area contributed by atoms with Crippen molar-refractivity contribution in [2.45, 2.75) is 30.6 Å². The molecule has 0 N–H and O–H groups in total. The van der Waals surface area contributed by atoms with Crippen molar-refractivity contribution in [2.24, 2.45) is 0 Å². The van der Waals surface area contributed by atoms with Crippen LogP contribution in [0.3, 0.4) is 0 Å². The monoisotopic (exact) mass is 478 g/mol. The molecule has 0 unspecified atom stereocenters. The number of piperazine rings is 1. The molecular weight excluding hydrogens is 444 g/mol. The first-order chi connectivity index (χ1) is 15.9. The minimum atomic E-state index is -3.60. The van der Waals surface area contributed by atoms with Crippen molar-refractivity contribution in [3.8, 4) is 0 Å². The molecule has 182 valence electrons. The number of morpholine rings is 1. The van der Waals surface area contributed by atoms with Crippen LogP contribution in [0, 0.1) is 0 Å². The molecule has 3 aliphatic rings. The van der Waals surface area contributed by atoms with Crippen LogP contribution in [0.25, 0.3) is 0 Å². The van der Waals surface area contributed by atoms with Gasteiger partial charge >= 0.3 is 0 Å². The van der Waals surface area contributed by atoms with Crippen LogP contribution < -0.4 is 0 Å². The lowest BCUT2D eigenvalue weighted by atomic mass is 10.2. The standard InChI is InChI=1S/C23H34N4O5S/c28-22(25-14-16-32-17-15-25)19-24-10-12-26(13-11-24)23(29)20-6-5-7-21(18-20)33(30,31)27-8-3-1-2-4-9-27/h5-7,18H,1-4,8-17,19H2. The van der Waals surface area contributed by atoms with Gasteiger partial charge in [-0.15, -0.1) is 0 Å². The summed E-state index contributed by atoms with van der Waals surface area (Å²) in [5, 5.41) is 0. The number of benzene rings is 1. The van der Waals surface area contributed by atoms with Gasteiger partial charge in [-0.1, -0.05) is 18.9 Å². The summed E-state index contributed by atoms with van der Waals surface area (Å²) in [5.41, 5.74) is 0.392. The van der Waals surface area contributed by atoms with Crippen molar-refractivity contribution < 1.29 is 22.7 Å². The highest BCUT2D eigenvalue weighted by Gasteiger charge is 2.28. The highest BCUT2D eigenvalue weighted by atomic mass is 32.2. The molecule has 3 saturated heterocycles. The number of amides is 2. The minimum Gasteiger partial charge on any atom is -0.378 e. The minimum absolute atomic E-state index is 0.101. The molecule has 9 nitrogen and oxygen atoms in total. The Morgan fingerprint density at radius 1 is 0.818 bits per heavy atom. The molecular formula is C23H34N4O5S. The van der Waals surface area contributed by atoms with E-state index in [1.165, 1.54) is 6.07 Å². The molecule has 0 aliphatic carbocycles. The van der Waals surface area contributed by atoms with Gasteiger partial charge in [0.2, 0.25) is 15.9 Å². The van der Waals surface area contributed by atoms with Crippen LogP contribution in [0.4, 0.5) is 0 Å². The Labute approximate surface area is 196 Å². The van der Waals surface area contributed by atoms with Gasteiger partial charge in [0.1, 0.15) is 0 Å². The topological polar surface area (TPSA) is 90.5 Å². The Hall–Kier alpha value is -2.01. The normalized spacial score (nSPS) is 21.6. The van der Waals surface area contributed by atoms with Crippen molar-refractivity contribution in [1.82, 2.24) is 19.0 Å². The fraction of sp³-hybridized carbons (Fsp3) is 0.652. The smallest absolute Gasteiger partial charge is 0.253 e. The summed E-state index contributed by atoms with van der Waals surface area (Å²) in [6, 6.07) is 6.41. The van der Waals surface area contributed by atoms with Crippen molar-refractivity contribution in [2.75, 3.05) is 72.1 Å². The number of carbonyl (C=O) groups is 2. The maximum Gasteiger partial charge on any atom is 0.253 e. The van der Waals surface area contributed by atoms with Gasteiger partial charge in [-0.25, -0.2) is 8.42 Å². The molecule has 0 aromatic heterocycles. The van der Waals surface area contributed by atoms with Crippen LogP contribution in [0.5, 0.6) is 0 Å². The van der Waals surface area contributed by atoms with Crippen molar-refractivity contribution in [1.29, 1.82) is 0 Å². The van der Waals surface area contributed by atoms with E-state index in [-0.39, 0.29) is 16.7 Å². The Bertz CT molecular complexity index is 932. The predicted molar refractivity (Wildman–Crippen MR) is 123 cm³/mol. The Kier molecular flexibility index (Phi) is 8.00. The number of carbonyl (C=O) groups excluding carboxylic acids is 2. The lowest BCUT2D eigenvalue weighted by Gasteiger charge is -2.36. The van der Waals surface area contributed by atoms with Gasteiger partial charge < -0.3 is 14.5 Å². The molecule has 3 aliphatic heterocycles. The lowest BCUT2D eigenvalue weighted by Crippen LogP contribution is -2.52. The van der Waals surface area contributed by atoms with Crippen LogP contribution in [0.1, 0.15) is 36.0 Å². The Morgan fingerprint density at radius 2 is 1.48 bits per heavy atom. The molecule has 0 bridgehead atoms. The van der Waals surface area contributed by atoms with E-state index in [4.69, 9.17) is 4.74 Å². The van der Waals surface area contributed by atoms with Crippen LogP contribution in [-0.4, -0.2) is 111 Å². The van der Waals surface area contributed by atoms with Crippen molar-refractivity contribution in [3.63, 3.8) is 0 Å². The maximum absolute atomic E-state index is 13.1. The molecule has 33 heavy (non-hydrogen) atoms. The van der Waals surface area contributed by atoms with E-state index in [2.05, 4.69) is 4.90 Å². The first kappa shape index (κ1) is 24.1. The Balaban J connectivity index is 1.34. The molecule has 4 rings (SSSR count). The second-order valence-corrected chi connectivity index (χ2v) is 10.8. The van der Waals surface area contributed by atoms with Gasteiger partial charge in [-0.3, -0.25) is 14.5 Å². The fourth-order valence-electron chi connectivity index (χ4n) is 4.62. The third-order valence-electron chi connectivity index (χ3n) is 6.67. The number of nitrogens with zero attached hydrogens (tertiary/aromatic N) is 4. The third-order valence-corrected chi connectivity index (χ3v) is 8.56. The largest absolute Gasteiger partial charge is 0.378 e. The zero-order valence-corrected chi connectivity index (χ0v) is 20.0. The summed E-state index contributed by atoms with van der Waals surface area (Å²) in [7, 11) is -3.60. The van der Waals surface area contributed by atoms with Gasteiger partial charge in [0, 0.05) is 57.9 Å².